The summed E-state index contributed by atoms with van der Waals surface area (Å²) in [6, 6.07) is -0.442. The molecule has 0 radical (unpaired) electrons. The minimum atomic E-state index is -1.90. The lowest BCUT2D eigenvalue weighted by molar-refractivity contribution is -0.145. The summed E-state index contributed by atoms with van der Waals surface area (Å²) >= 11 is 5.55. The predicted octanol–water partition coefficient (Wildman–Crippen LogP) is 1.84. The van der Waals surface area contributed by atoms with E-state index in [0.717, 1.165) is 0 Å². The van der Waals surface area contributed by atoms with Crippen molar-refractivity contribution in [3.63, 3.8) is 0 Å². The molecular weight excluding hydrogens is 258 g/mol. The minimum absolute atomic E-state index is 0.0799. The third-order valence-electron chi connectivity index (χ3n) is 2.62. The molecule has 98 valence electrons. The number of carbonyl (C=O) groups excluding carboxylic acids is 2. The van der Waals surface area contributed by atoms with Gasteiger partial charge in [0.2, 0.25) is 14.2 Å². The van der Waals surface area contributed by atoms with Crippen molar-refractivity contribution < 1.29 is 14.0 Å². The largest absolute Gasteiger partial charge is 0.518 e. The van der Waals surface area contributed by atoms with Crippen LogP contribution < -0.4 is 0 Å². The van der Waals surface area contributed by atoms with Crippen LogP contribution in [0.1, 0.15) is 13.3 Å². The Balaban J connectivity index is 2.73. The minimum Gasteiger partial charge on any atom is -0.518 e. The molecule has 1 heterocycles. The molecule has 0 spiro atoms. The lowest BCUT2D eigenvalue weighted by Crippen LogP contribution is -2.45. The fourth-order valence-corrected chi connectivity index (χ4v) is 2.88. The van der Waals surface area contributed by atoms with Crippen LogP contribution in [-0.4, -0.2) is 43.6 Å². The molecule has 0 saturated carbocycles. The van der Waals surface area contributed by atoms with E-state index in [1.54, 1.807) is 4.90 Å². The van der Waals surface area contributed by atoms with Gasteiger partial charge in [-0.2, -0.15) is 0 Å². The van der Waals surface area contributed by atoms with Crippen LogP contribution in [0.5, 0.6) is 0 Å². The molecule has 1 rings (SSSR count). The predicted molar refractivity (Wildman–Crippen MR) is 69.4 cm³/mol. The fraction of sp³-hybridized carbons (Fsp3) is 0.818. The average Bonchev–Trinajstić information content (AvgIpc) is 2.56. The molecule has 0 unspecified atom stereocenters. The molecule has 1 amide bonds. The van der Waals surface area contributed by atoms with E-state index in [9.17, 15) is 9.59 Å². The fourth-order valence-electron chi connectivity index (χ4n) is 1.99. The van der Waals surface area contributed by atoms with Crippen molar-refractivity contribution in [1.29, 1.82) is 0 Å². The zero-order chi connectivity index (χ0) is 13.2. The highest BCUT2D eigenvalue weighted by molar-refractivity contribution is 6.71. The molecule has 0 bridgehead atoms. The number of carbonyl (C=O) groups is 2. The van der Waals surface area contributed by atoms with Crippen LogP contribution in [0, 0.1) is 5.92 Å². The molecule has 1 fully saturated rings. The van der Waals surface area contributed by atoms with Crippen LogP contribution in [0.25, 0.3) is 0 Å². The molecule has 17 heavy (non-hydrogen) atoms. The van der Waals surface area contributed by atoms with Gasteiger partial charge in [-0.1, -0.05) is 6.92 Å². The molecule has 0 aromatic heterocycles. The summed E-state index contributed by atoms with van der Waals surface area (Å²) in [6.45, 7) is 8.48. The molecule has 0 aliphatic carbocycles. The van der Waals surface area contributed by atoms with Crippen LogP contribution in [0.3, 0.4) is 0 Å². The van der Waals surface area contributed by atoms with Crippen molar-refractivity contribution in [3.05, 3.63) is 0 Å². The van der Waals surface area contributed by atoms with Gasteiger partial charge in [-0.05, 0) is 32.0 Å². The number of hydrogen-bond acceptors (Lipinski definition) is 3. The second-order valence-electron chi connectivity index (χ2n) is 5.57. The molecule has 1 aliphatic heterocycles. The van der Waals surface area contributed by atoms with Crippen molar-refractivity contribution in [3.8, 4) is 0 Å². The lowest BCUT2D eigenvalue weighted by atomic mass is 10.1. The summed E-state index contributed by atoms with van der Waals surface area (Å²) in [5, 5.41) is 0. The third-order valence-corrected chi connectivity index (χ3v) is 3.67. The number of amides is 1. The van der Waals surface area contributed by atoms with Crippen molar-refractivity contribution in [1.82, 2.24) is 4.90 Å². The van der Waals surface area contributed by atoms with Gasteiger partial charge in [0, 0.05) is 6.54 Å². The zero-order valence-electron chi connectivity index (χ0n) is 10.8. The second-order valence-corrected chi connectivity index (χ2v) is 10.3. The first-order valence-electron chi connectivity index (χ1n) is 5.83. The topological polar surface area (TPSA) is 46.6 Å². The van der Waals surface area contributed by atoms with Crippen molar-refractivity contribution in [2.45, 2.75) is 39.0 Å². The van der Waals surface area contributed by atoms with Gasteiger partial charge in [0.1, 0.15) is 11.9 Å². The molecule has 0 N–H and O–H groups in total. The van der Waals surface area contributed by atoms with Gasteiger partial charge in [-0.3, -0.25) is 9.59 Å². The monoisotopic (exact) mass is 277 g/mol. The van der Waals surface area contributed by atoms with Crippen LogP contribution in [0.15, 0.2) is 0 Å². The standard InChI is InChI=1S/C11H20ClNO3Si/c1-8-5-9(11(15)16-17(2,3)4)13(7-8)10(14)6-12/h8-9H,5-7H2,1-4H3/t8-,9+/m1/s1. The first-order chi connectivity index (χ1) is 7.74. The Morgan fingerprint density at radius 3 is 2.47 bits per heavy atom. The van der Waals surface area contributed by atoms with Gasteiger partial charge in [0.05, 0.1) is 0 Å². The number of hydrogen-bond donors (Lipinski definition) is 0. The summed E-state index contributed by atoms with van der Waals surface area (Å²) < 4.78 is 5.46. The third kappa shape index (κ3) is 3.99. The number of likely N-dealkylation sites (tertiary alicyclic amines) is 1. The van der Waals surface area contributed by atoms with Crippen molar-refractivity contribution in [2.24, 2.45) is 5.92 Å². The van der Waals surface area contributed by atoms with Gasteiger partial charge < -0.3 is 9.33 Å². The molecule has 0 aromatic rings. The molecule has 0 aromatic carbocycles. The average molecular weight is 278 g/mol. The molecule has 1 saturated heterocycles. The molecule has 1 aliphatic rings. The molecule has 6 heteroatoms. The number of rotatable bonds is 3. The van der Waals surface area contributed by atoms with E-state index in [4.69, 9.17) is 16.0 Å². The van der Waals surface area contributed by atoms with Crippen LogP contribution in [0.2, 0.25) is 19.6 Å². The number of halogens is 1. The summed E-state index contributed by atoms with van der Waals surface area (Å²) in [5.41, 5.74) is 0. The van der Waals surface area contributed by atoms with E-state index < -0.39 is 14.4 Å². The zero-order valence-corrected chi connectivity index (χ0v) is 12.6. The van der Waals surface area contributed by atoms with Crippen LogP contribution in [0.4, 0.5) is 0 Å². The van der Waals surface area contributed by atoms with Gasteiger partial charge in [-0.15, -0.1) is 11.6 Å². The normalized spacial score (nSPS) is 24.9. The Bertz CT molecular complexity index is 316. The maximum atomic E-state index is 12.0. The van der Waals surface area contributed by atoms with E-state index in [1.807, 2.05) is 26.6 Å². The van der Waals surface area contributed by atoms with E-state index >= 15 is 0 Å². The maximum absolute atomic E-state index is 12.0. The van der Waals surface area contributed by atoms with Crippen LogP contribution in [-0.2, 0) is 14.0 Å². The SMILES string of the molecule is C[C@@H]1C[C@@H](C(=O)O[Si](C)(C)C)N(C(=O)CCl)C1. The first-order valence-corrected chi connectivity index (χ1v) is 9.77. The Morgan fingerprint density at radius 1 is 1.41 bits per heavy atom. The van der Waals surface area contributed by atoms with E-state index in [0.29, 0.717) is 18.9 Å². The summed E-state index contributed by atoms with van der Waals surface area (Å²) in [6.07, 6.45) is 0.673. The maximum Gasteiger partial charge on any atom is 0.315 e. The second kappa shape index (κ2) is 5.39. The Hall–Kier alpha value is -0.553. The lowest BCUT2D eigenvalue weighted by Gasteiger charge is -2.26. The molecular formula is C11H20ClNO3Si. The molecule has 4 nitrogen and oxygen atoms in total. The summed E-state index contributed by atoms with van der Waals surface area (Å²) in [7, 11) is -1.90. The van der Waals surface area contributed by atoms with Crippen molar-refractivity contribution >= 4 is 31.8 Å². The Labute approximate surface area is 108 Å². The highest BCUT2D eigenvalue weighted by Crippen LogP contribution is 2.25. The Kier molecular flexibility index (Phi) is 4.60. The van der Waals surface area contributed by atoms with Gasteiger partial charge in [0.15, 0.2) is 0 Å². The Morgan fingerprint density at radius 2 is 2.00 bits per heavy atom. The van der Waals surface area contributed by atoms with Gasteiger partial charge in [0.25, 0.3) is 0 Å². The summed E-state index contributed by atoms with van der Waals surface area (Å²) in [5.74, 6) is -0.217. The first kappa shape index (κ1) is 14.5. The molecule has 2 atom stereocenters. The van der Waals surface area contributed by atoms with E-state index in [2.05, 4.69) is 0 Å². The smallest absolute Gasteiger partial charge is 0.315 e. The highest BCUT2D eigenvalue weighted by atomic mass is 35.5. The quantitative estimate of drug-likeness (QED) is 0.584. The highest BCUT2D eigenvalue weighted by Gasteiger charge is 2.39. The van der Waals surface area contributed by atoms with E-state index in [1.165, 1.54) is 0 Å². The van der Waals surface area contributed by atoms with Crippen molar-refractivity contribution in [2.75, 3.05) is 12.4 Å². The van der Waals surface area contributed by atoms with E-state index in [-0.39, 0.29) is 17.8 Å². The van der Waals surface area contributed by atoms with Crippen LogP contribution >= 0.6 is 11.6 Å². The van der Waals surface area contributed by atoms with Gasteiger partial charge >= 0.3 is 5.97 Å². The summed E-state index contributed by atoms with van der Waals surface area (Å²) in [4.78, 5) is 25.2. The van der Waals surface area contributed by atoms with Gasteiger partial charge in [-0.25, -0.2) is 0 Å². The number of nitrogens with zero attached hydrogens (tertiary/aromatic N) is 1. The number of alkyl halides is 1.